The number of esters is 1. The minimum Gasteiger partial charge on any atom is -0.463 e. The van der Waals surface area contributed by atoms with Crippen LogP contribution in [-0.2, 0) is 9.53 Å². The lowest BCUT2D eigenvalue weighted by Crippen LogP contribution is -2.39. The number of thiazole rings is 1. The maximum absolute atomic E-state index is 14.5. The van der Waals surface area contributed by atoms with Crippen molar-refractivity contribution >= 4 is 35.0 Å². The van der Waals surface area contributed by atoms with Crippen LogP contribution in [-0.4, -0.2) is 21.7 Å². The van der Waals surface area contributed by atoms with Gasteiger partial charge in [-0.15, -0.1) is 0 Å². The average molecular weight is 670 g/mol. The van der Waals surface area contributed by atoms with Crippen LogP contribution in [0.2, 0.25) is 5.02 Å². The van der Waals surface area contributed by atoms with E-state index in [9.17, 15) is 9.59 Å². The highest BCUT2D eigenvalue weighted by atomic mass is 35.5. The van der Waals surface area contributed by atoms with Crippen molar-refractivity contribution in [2.24, 2.45) is 4.99 Å². The molecule has 0 spiro atoms. The number of nitrogens with zero attached hydrogens (tertiary/aromatic N) is 3. The molecule has 2 aromatic heterocycles. The van der Waals surface area contributed by atoms with Crippen molar-refractivity contribution in [1.29, 1.82) is 0 Å². The molecule has 7 rings (SSSR count). The van der Waals surface area contributed by atoms with Gasteiger partial charge in [0.15, 0.2) is 4.80 Å². The molecule has 1 atom stereocenters. The first-order valence-corrected chi connectivity index (χ1v) is 16.9. The van der Waals surface area contributed by atoms with E-state index < -0.39 is 12.0 Å². The fourth-order valence-corrected chi connectivity index (χ4v) is 7.37. The summed E-state index contributed by atoms with van der Waals surface area (Å²) in [4.78, 5) is 33.1. The van der Waals surface area contributed by atoms with Crippen LogP contribution in [0.3, 0.4) is 0 Å². The molecule has 8 heteroatoms. The topological polar surface area (TPSA) is 65.6 Å². The van der Waals surface area contributed by atoms with Gasteiger partial charge in [-0.2, -0.15) is 0 Å². The van der Waals surface area contributed by atoms with E-state index in [1.54, 1.807) is 30.5 Å². The van der Waals surface area contributed by atoms with Gasteiger partial charge in [-0.25, -0.2) is 9.79 Å². The van der Waals surface area contributed by atoms with Crippen molar-refractivity contribution in [3.8, 4) is 28.2 Å². The predicted molar refractivity (Wildman–Crippen MR) is 193 cm³/mol. The number of aromatic nitrogens is 2. The maximum atomic E-state index is 14.5. The van der Waals surface area contributed by atoms with Crippen LogP contribution in [0.15, 0.2) is 136 Å². The third kappa shape index (κ3) is 5.76. The van der Waals surface area contributed by atoms with Crippen LogP contribution < -0.4 is 14.9 Å². The molecule has 238 valence electrons. The van der Waals surface area contributed by atoms with Gasteiger partial charge in [0.05, 0.1) is 39.8 Å². The molecule has 4 aromatic carbocycles. The van der Waals surface area contributed by atoms with Gasteiger partial charge in [0.2, 0.25) is 0 Å². The van der Waals surface area contributed by atoms with E-state index in [1.165, 1.54) is 16.9 Å². The second-order valence-electron chi connectivity index (χ2n) is 11.6. The normalized spacial score (nSPS) is 14.5. The van der Waals surface area contributed by atoms with Gasteiger partial charge in [0, 0.05) is 16.3 Å². The molecule has 6 nitrogen and oxygen atoms in total. The van der Waals surface area contributed by atoms with Crippen molar-refractivity contribution in [2.45, 2.75) is 26.8 Å². The first kappa shape index (κ1) is 31.4. The van der Waals surface area contributed by atoms with E-state index in [-0.39, 0.29) is 12.2 Å². The van der Waals surface area contributed by atoms with E-state index in [1.807, 2.05) is 54.6 Å². The van der Waals surface area contributed by atoms with Crippen molar-refractivity contribution < 1.29 is 9.53 Å². The Kier molecular flexibility index (Phi) is 8.56. The van der Waals surface area contributed by atoms with Crippen molar-refractivity contribution in [2.75, 3.05) is 6.61 Å². The first-order chi connectivity index (χ1) is 23.3. The number of aryl methyl sites for hydroxylation is 1. The monoisotopic (exact) mass is 669 g/mol. The summed E-state index contributed by atoms with van der Waals surface area (Å²) in [6.45, 7) is 5.83. The van der Waals surface area contributed by atoms with E-state index in [0.29, 0.717) is 25.6 Å². The zero-order valence-electron chi connectivity index (χ0n) is 26.7. The summed E-state index contributed by atoms with van der Waals surface area (Å²) < 4.78 is 9.82. The predicted octanol–water partition coefficient (Wildman–Crippen LogP) is 7.88. The zero-order chi connectivity index (χ0) is 33.4. The van der Waals surface area contributed by atoms with Gasteiger partial charge in [-0.05, 0) is 73.9 Å². The number of carbonyl (C=O) groups excluding carboxylic acids is 1. The van der Waals surface area contributed by atoms with E-state index in [4.69, 9.17) is 21.3 Å². The summed E-state index contributed by atoms with van der Waals surface area (Å²) in [5.41, 5.74) is 8.44. The summed E-state index contributed by atoms with van der Waals surface area (Å²) >= 11 is 7.54. The highest BCUT2D eigenvalue weighted by molar-refractivity contribution is 7.07. The Morgan fingerprint density at radius 1 is 0.896 bits per heavy atom. The number of halogens is 1. The van der Waals surface area contributed by atoms with Crippen LogP contribution in [0.25, 0.3) is 34.3 Å². The molecule has 48 heavy (non-hydrogen) atoms. The van der Waals surface area contributed by atoms with Gasteiger partial charge in [-0.1, -0.05) is 113 Å². The molecule has 0 saturated carbocycles. The van der Waals surface area contributed by atoms with E-state index in [0.717, 1.165) is 39.3 Å². The molecule has 0 amide bonds. The standard InChI is InChI=1S/C40H32ClN3O3S/c1-4-47-39(46)35-26(3)42-40-44(37(35)29-17-19-31(41)20-18-29)38(45)34(48-40)24-30-23-33(27-11-7-5-8-12-27)43(32-21-15-25(2)16-22-32)36(30)28-13-9-6-10-14-28/h5-24,37H,4H2,1-3H3. The lowest BCUT2D eigenvalue weighted by Gasteiger charge is -2.24. The Balaban J connectivity index is 1.51. The molecule has 0 N–H and O–H groups in total. The summed E-state index contributed by atoms with van der Waals surface area (Å²) in [6, 6.07) is 37.5. The minimum absolute atomic E-state index is 0.206. The van der Waals surface area contributed by atoms with Crippen molar-refractivity contribution in [1.82, 2.24) is 9.13 Å². The smallest absolute Gasteiger partial charge is 0.338 e. The first-order valence-electron chi connectivity index (χ1n) is 15.7. The molecule has 0 saturated heterocycles. The summed E-state index contributed by atoms with van der Waals surface area (Å²) in [5.74, 6) is -0.498. The van der Waals surface area contributed by atoms with Crippen molar-refractivity contribution in [3.63, 3.8) is 0 Å². The molecule has 0 fully saturated rings. The Labute approximate surface area is 287 Å². The van der Waals surface area contributed by atoms with Crippen LogP contribution in [0, 0.1) is 6.92 Å². The number of ether oxygens (including phenoxy) is 1. The molecule has 3 heterocycles. The van der Waals surface area contributed by atoms with Crippen LogP contribution in [0.4, 0.5) is 0 Å². The van der Waals surface area contributed by atoms with Crippen molar-refractivity contribution in [3.05, 3.63) is 168 Å². The molecule has 1 unspecified atom stereocenters. The Bertz CT molecular complexity index is 2350. The Morgan fingerprint density at radius 3 is 2.19 bits per heavy atom. The summed E-state index contributed by atoms with van der Waals surface area (Å²) in [5, 5.41) is 0.560. The Morgan fingerprint density at radius 2 is 1.54 bits per heavy atom. The zero-order valence-corrected chi connectivity index (χ0v) is 28.3. The third-order valence-electron chi connectivity index (χ3n) is 8.43. The number of rotatable bonds is 7. The fourth-order valence-electron chi connectivity index (χ4n) is 6.21. The van der Waals surface area contributed by atoms with Crippen LogP contribution >= 0.6 is 22.9 Å². The summed E-state index contributed by atoms with van der Waals surface area (Å²) in [7, 11) is 0. The highest BCUT2D eigenvalue weighted by Crippen LogP contribution is 2.37. The average Bonchev–Trinajstić information content (AvgIpc) is 3.62. The molecule has 0 aliphatic carbocycles. The third-order valence-corrected chi connectivity index (χ3v) is 9.66. The maximum Gasteiger partial charge on any atom is 0.338 e. The number of hydrogen-bond acceptors (Lipinski definition) is 5. The van der Waals surface area contributed by atoms with E-state index >= 15 is 0 Å². The number of carbonyl (C=O) groups is 1. The van der Waals surface area contributed by atoms with Gasteiger partial charge < -0.3 is 9.30 Å². The number of allylic oxidation sites excluding steroid dienone is 1. The SMILES string of the molecule is CCOC(=O)C1=C(C)N=c2sc(=Cc3cc(-c4ccccc4)n(-c4ccc(C)cc4)c3-c3ccccc3)c(=O)n2C1c1ccc(Cl)cc1. The molecular weight excluding hydrogens is 638 g/mol. The second kappa shape index (κ2) is 13.1. The second-order valence-corrected chi connectivity index (χ2v) is 13.0. The quantitative estimate of drug-likeness (QED) is 0.163. The molecule has 1 aliphatic rings. The Hall–Kier alpha value is -5.24. The van der Waals surface area contributed by atoms with Gasteiger partial charge in [0.25, 0.3) is 5.56 Å². The molecule has 1 aliphatic heterocycles. The fraction of sp³-hybridized carbons (Fsp3) is 0.125. The number of benzene rings is 4. The molecule has 6 aromatic rings. The lowest BCUT2D eigenvalue weighted by atomic mass is 9.96. The van der Waals surface area contributed by atoms with E-state index in [2.05, 4.69) is 66.1 Å². The van der Waals surface area contributed by atoms with Gasteiger partial charge >= 0.3 is 5.97 Å². The van der Waals surface area contributed by atoms with Gasteiger partial charge in [-0.3, -0.25) is 9.36 Å². The highest BCUT2D eigenvalue weighted by Gasteiger charge is 2.33. The van der Waals surface area contributed by atoms with Crippen LogP contribution in [0.1, 0.15) is 36.6 Å². The molecule has 0 bridgehead atoms. The molecular formula is C40H32ClN3O3S. The number of fused-ring (bicyclic) bond motifs is 1. The van der Waals surface area contributed by atoms with Crippen LogP contribution in [0.5, 0.6) is 0 Å². The minimum atomic E-state index is -0.717. The number of hydrogen-bond donors (Lipinski definition) is 0. The largest absolute Gasteiger partial charge is 0.463 e. The lowest BCUT2D eigenvalue weighted by molar-refractivity contribution is -0.139. The molecule has 0 radical (unpaired) electrons. The summed E-state index contributed by atoms with van der Waals surface area (Å²) in [6.07, 6.45) is 1.95. The van der Waals surface area contributed by atoms with Gasteiger partial charge in [0.1, 0.15) is 0 Å².